The fourth-order valence-corrected chi connectivity index (χ4v) is 1.09. The first-order chi connectivity index (χ1) is 7.17. The molecule has 0 aliphatic rings. The third-order valence-electron chi connectivity index (χ3n) is 1.76. The van der Waals surface area contributed by atoms with Crippen molar-refractivity contribution in [2.24, 2.45) is 0 Å². The molecule has 0 saturated carbocycles. The van der Waals surface area contributed by atoms with Crippen LogP contribution in [0.1, 0.15) is 29.3 Å². The lowest BCUT2D eigenvalue weighted by Gasteiger charge is -2.05. The molecule has 0 radical (unpaired) electrons. The number of ether oxygens (including phenoxy) is 1. The Labute approximate surface area is 87.7 Å². The number of benzene rings is 1. The second kappa shape index (κ2) is 5.01. The van der Waals surface area contributed by atoms with E-state index in [1.165, 1.54) is 18.2 Å². The summed E-state index contributed by atoms with van der Waals surface area (Å²) in [6.07, 6.45) is 0.833. The van der Waals surface area contributed by atoms with Gasteiger partial charge >= 0.3 is 5.97 Å². The highest BCUT2D eigenvalue weighted by Crippen LogP contribution is 2.17. The Kier molecular flexibility index (Phi) is 3.69. The molecule has 0 aliphatic carbocycles. The number of carbonyl (C=O) groups is 1. The number of rotatable bonds is 4. The van der Waals surface area contributed by atoms with Gasteiger partial charge in [0.2, 0.25) is 0 Å². The van der Waals surface area contributed by atoms with Gasteiger partial charge in [-0.05, 0) is 24.6 Å². The highest BCUT2D eigenvalue weighted by molar-refractivity contribution is 5.88. The average Bonchev–Trinajstić information content (AvgIpc) is 2.25. The lowest BCUT2D eigenvalue weighted by atomic mass is 10.1. The molecule has 0 atom stereocenters. The van der Waals surface area contributed by atoms with Crippen LogP contribution >= 0.6 is 0 Å². The van der Waals surface area contributed by atoms with Crippen LogP contribution in [0.3, 0.4) is 0 Å². The third-order valence-corrected chi connectivity index (χ3v) is 1.76. The van der Waals surface area contributed by atoms with Gasteiger partial charge < -0.3 is 9.84 Å². The second-order valence-electron chi connectivity index (χ2n) is 3.01. The molecule has 0 saturated heterocycles. The van der Waals surface area contributed by atoms with Gasteiger partial charge in [-0.3, -0.25) is 0 Å². The molecule has 1 N–H and O–H groups in total. The lowest BCUT2D eigenvalue weighted by molar-refractivity contribution is 0.0696. The molecule has 0 fully saturated rings. The average molecular weight is 205 g/mol. The van der Waals surface area contributed by atoms with Gasteiger partial charge in [0.15, 0.2) is 0 Å². The van der Waals surface area contributed by atoms with Crippen molar-refractivity contribution in [3.8, 4) is 11.8 Å². The molecule has 0 heterocycles. The van der Waals surface area contributed by atoms with Crippen LogP contribution < -0.4 is 4.74 Å². The summed E-state index contributed by atoms with van der Waals surface area (Å²) in [7, 11) is 0. The summed E-state index contributed by atoms with van der Waals surface area (Å²) < 4.78 is 5.27. The molecule has 0 amide bonds. The van der Waals surface area contributed by atoms with Crippen LogP contribution in [-0.2, 0) is 0 Å². The molecule has 1 aromatic carbocycles. The zero-order valence-corrected chi connectivity index (χ0v) is 8.36. The molecular formula is C11H11NO3. The normalized spacial score (nSPS) is 9.33. The van der Waals surface area contributed by atoms with E-state index in [0.717, 1.165) is 6.42 Å². The third kappa shape index (κ3) is 2.99. The highest BCUT2D eigenvalue weighted by Gasteiger charge is 2.07. The van der Waals surface area contributed by atoms with Crippen molar-refractivity contribution < 1.29 is 14.6 Å². The smallest absolute Gasteiger partial charge is 0.335 e. The Morgan fingerprint density at radius 1 is 1.53 bits per heavy atom. The van der Waals surface area contributed by atoms with Crippen molar-refractivity contribution in [1.29, 1.82) is 5.26 Å². The number of nitriles is 1. The number of aromatic carboxylic acids is 1. The Hall–Kier alpha value is -2.02. The quantitative estimate of drug-likeness (QED) is 0.816. The summed E-state index contributed by atoms with van der Waals surface area (Å²) in [6, 6.07) is 6.16. The summed E-state index contributed by atoms with van der Waals surface area (Å²) in [4.78, 5) is 10.7. The van der Waals surface area contributed by atoms with Crippen LogP contribution in [0.4, 0.5) is 0 Å². The van der Waals surface area contributed by atoms with Crippen molar-refractivity contribution in [2.75, 3.05) is 6.61 Å². The molecule has 0 spiro atoms. The molecule has 0 aromatic heterocycles. The van der Waals surface area contributed by atoms with Gasteiger partial charge in [0, 0.05) is 0 Å². The standard InChI is InChI=1S/C11H11NO3/c1-2-3-15-10-5-8(7-12)4-9(6-10)11(13)14/h4-6H,2-3H2,1H3,(H,13,14). The summed E-state index contributed by atoms with van der Waals surface area (Å²) in [6.45, 7) is 2.46. The van der Waals surface area contributed by atoms with Crippen molar-refractivity contribution in [1.82, 2.24) is 0 Å². The minimum Gasteiger partial charge on any atom is -0.494 e. The Balaban J connectivity index is 3.01. The molecule has 0 unspecified atom stereocenters. The highest BCUT2D eigenvalue weighted by atomic mass is 16.5. The molecule has 78 valence electrons. The maximum atomic E-state index is 10.7. The van der Waals surface area contributed by atoms with Crippen LogP contribution in [0.15, 0.2) is 18.2 Å². The summed E-state index contributed by atoms with van der Waals surface area (Å²) in [5.74, 6) is -0.637. The SMILES string of the molecule is CCCOc1cc(C#N)cc(C(=O)O)c1. The zero-order chi connectivity index (χ0) is 11.3. The second-order valence-corrected chi connectivity index (χ2v) is 3.01. The summed E-state index contributed by atoms with van der Waals surface area (Å²) in [5.41, 5.74) is 0.362. The molecule has 1 rings (SSSR count). The first-order valence-electron chi connectivity index (χ1n) is 4.58. The van der Waals surface area contributed by atoms with Crippen molar-refractivity contribution in [2.45, 2.75) is 13.3 Å². The van der Waals surface area contributed by atoms with Gasteiger partial charge in [-0.15, -0.1) is 0 Å². The molecule has 4 nitrogen and oxygen atoms in total. The molecule has 0 bridgehead atoms. The van der Waals surface area contributed by atoms with E-state index in [9.17, 15) is 4.79 Å². The van der Waals surface area contributed by atoms with E-state index in [-0.39, 0.29) is 5.56 Å². The minimum absolute atomic E-state index is 0.0696. The van der Waals surface area contributed by atoms with E-state index in [1.807, 2.05) is 13.0 Å². The van der Waals surface area contributed by atoms with Gasteiger partial charge in [-0.2, -0.15) is 5.26 Å². The van der Waals surface area contributed by atoms with Gasteiger partial charge in [0.1, 0.15) is 5.75 Å². The number of nitrogens with zero attached hydrogens (tertiary/aromatic N) is 1. The van der Waals surface area contributed by atoms with Gasteiger partial charge in [-0.1, -0.05) is 6.92 Å². The Bertz CT molecular complexity index is 407. The number of carboxylic acid groups (broad SMARTS) is 1. The predicted molar refractivity (Wildman–Crippen MR) is 53.9 cm³/mol. The number of carboxylic acids is 1. The Morgan fingerprint density at radius 2 is 2.27 bits per heavy atom. The molecular weight excluding hydrogens is 194 g/mol. The maximum absolute atomic E-state index is 10.7. The first kappa shape index (κ1) is 11.1. The van der Waals surface area contributed by atoms with E-state index in [0.29, 0.717) is 17.9 Å². The minimum atomic E-state index is -1.06. The largest absolute Gasteiger partial charge is 0.494 e. The number of hydrogen-bond donors (Lipinski definition) is 1. The first-order valence-corrected chi connectivity index (χ1v) is 4.58. The Morgan fingerprint density at radius 3 is 2.80 bits per heavy atom. The van der Waals surface area contributed by atoms with Gasteiger partial charge in [0.05, 0.1) is 23.8 Å². The van der Waals surface area contributed by atoms with Gasteiger partial charge in [0.25, 0.3) is 0 Å². The van der Waals surface area contributed by atoms with E-state index in [4.69, 9.17) is 15.1 Å². The van der Waals surface area contributed by atoms with E-state index in [1.54, 1.807) is 0 Å². The van der Waals surface area contributed by atoms with E-state index in [2.05, 4.69) is 0 Å². The van der Waals surface area contributed by atoms with Crippen molar-refractivity contribution in [3.05, 3.63) is 29.3 Å². The lowest BCUT2D eigenvalue weighted by Crippen LogP contribution is -2.00. The van der Waals surface area contributed by atoms with Crippen molar-refractivity contribution >= 4 is 5.97 Å². The molecule has 0 aliphatic heterocycles. The van der Waals surface area contributed by atoms with Crippen LogP contribution in [0, 0.1) is 11.3 Å². The van der Waals surface area contributed by atoms with Crippen LogP contribution in [0.5, 0.6) is 5.75 Å². The van der Waals surface area contributed by atoms with Crippen LogP contribution in [0.2, 0.25) is 0 Å². The van der Waals surface area contributed by atoms with Gasteiger partial charge in [-0.25, -0.2) is 4.79 Å². The van der Waals surface area contributed by atoms with E-state index >= 15 is 0 Å². The summed E-state index contributed by atoms with van der Waals surface area (Å²) >= 11 is 0. The fraction of sp³-hybridized carbons (Fsp3) is 0.273. The summed E-state index contributed by atoms with van der Waals surface area (Å²) in [5, 5.41) is 17.5. The topological polar surface area (TPSA) is 70.3 Å². The molecule has 15 heavy (non-hydrogen) atoms. The fourth-order valence-electron chi connectivity index (χ4n) is 1.09. The van der Waals surface area contributed by atoms with Crippen LogP contribution in [0.25, 0.3) is 0 Å². The molecule has 4 heteroatoms. The monoisotopic (exact) mass is 205 g/mol. The predicted octanol–water partition coefficient (Wildman–Crippen LogP) is 2.05. The molecule has 1 aromatic rings. The van der Waals surface area contributed by atoms with Crippen LogP contribution in [-0.4, -0.2) is 17.7 Å². The van der Waals surface area contributed by atoms with E-state index < -0.39 is 5.97 Å². The van der Waals surface area contributed by atoms with Crippen molar-refractivity contribution in [3.63, 3.8) is 0 Å². The number of hydrogen-bond acceptors (Lipinski definition) is 3. The maximum Gasteiger partial charge on any atom is 0.335 e. The zero-order valence-electron chi connectivity index (χ0n) is 8.36.